The molecule has 1 heterocycles. The van der Waals surface area contributed by atoms with Crippen LogP contribution in [-0.2, 0) is 9.59 Å². The summed E-state index contributed by atoms with van der Waals surface area (Å²) in [6, 6.07) is 7.98. The van der Waals surface area contributed by atoms with Gasteiger partial charge < -0.3 is 14.5 Å². The third-order valence-electron chi connectivity index (χ3n) is 4.83. The van der Waals surface area contributed by atoms with Crippen molar-refractivity contribution in [2.45, 2.75) is 13.8 Å². The highest BCUT2D eigenvalue weighted by atomic mass is 16.5. The number of ketones is 2. The van der Waals surface area contributed by atoms with Crippen LogP contribution in [-0.4, -0.2) is 49.8 Å². The van der Waals surface area contributed by atoms with E-state index in [1.807, 2.05) is 29.2 Å². The van der Waals surface area contributed by atoms with E-state index in [1.54, 1.807) is 21.0 Å². The molecule has 0 bridgehead atoms. The zero-order chi connectivity index (χ0) is 17.3. The van der Waals surface area contributed by atoms with Crippen molar-refractivity contribution < 1.29 is 14.3 Å². The summed E-state index contributed by atoms with van der Waals surface area (Å²) in [6.45, 7) is 6.52. The van der Waals surface area contributed by atoms with E-state index >= 15 is 0 Å². The quantitative estimate of drug-likeness (QED) is 0.797. The Kier molecular flexibility index (Phi) is 4.42. The predicted octanol–water partition coefficient (Wildman–Crippen LogP) is 2.19. The number of allylic oxidation sites excluding steroid dienone is 3. The number of nitrogens with zero attached hydrogens (tertiary/aromatic N) is 2. The van der Waals surface area contributed by atoms with Crippen LogP contribution < -0.4 is 9.64 Å². The zero-order valence-corrected chi connectivity index (χ0v) is 14.3. The lowest BCUT2D eigenvalue weighted by molar-refractivity contribution is -0.117. The molecular weight excluding hydrogens is 304 g/mol. The number of carbonyl (C=O) groups excluding carboxylic acids is 2. The minimum absolute atomic E-state index is 0.0232. The van der Waals surface area contributed by atoms with Gasteiger partial charge in [-0.3, -0.25) is 9.59 Å². The van der Waals surface area contributed by atoms with Crippen LogP contribution in [0.15, 0.2) is 47.2 Å². The molecule has 1 aromatic rings. The van der Waals surface area contributed by atoms with Gasteiger partial charge in [-0.05, 0) is 38.1 Å². The number of hydrogen-bond acceptors (Lipinski definition) is 5. The molecule has 0 amide bonds. The molecule has 0 unspecified atom stereocenters. The van der Waals surface area contributed by atoms with Gasteiger partial charge in [-0.1, -0.05) is 0 Å². The molecule has 0 radical (unpaired) electrons. The molecule has 126 valence electrons. The van der Waals surface area contributed by atoms with Crippen LogP contribution in [0, 0.1) is 0 Å². The van der Waals surface area contributed by atoms with Crippen LogP contribution in [0.5, 0.6) is 5.75 Å². The van der Waals surface area contributed by atoms with Gasteiger partial charge in [0.05, 0.1) is 12.8 Å². The SMILES string of the molecule is COc1ccc(N2CCN(C3=CC(=O)C(C)=C(C)C3=O)CC2)cc1. The lowest BCUT2D eigenvalue weighted by atomic mass is 9.94. The monoisotopic (exact) mass is 326 g/mol. The molecule has 1 saturated heterocycles. The maximum absolute atomic E-state index is 12.5. The van der Waals surface area contributed by atoms with Crippen LogP contribution in [0.2, 0.25) is 0 Å². The molecule has 1 aromatic carbocycles. The Hall–Kier alpha value is -2.56. The summed E-state index contributed by atoms with van der Waals surface area (Å²) in [7, 11) is 1.65. The Morgan fingerprint density at radius 3 is 2.04 bits per heavy atom. The van der Waals surface area contributed by atoms with Gasteiger partial charge in [0.15, 0.2) is 5.78 Å². The van der Waals surface area contributed by atoms with E-state index in [0.29, 0.717) is 16.8 Å². The standard InChI is InChI=1S/C19H22N2O3/c1-13-14(2)19(23)17(12-18(13)22)21-10-8-20(9-11-21)15-4-6-16(24-3)7-5-15/h4-7,12H,8-11H2,1-3H3. The fourth-order valence-corrected chi connectivity index (χ4v) is 3.08. The van der Waals surface area contributed by atoms with Crippen molar-refractivity contribution in [2.24, 2.45) is 0 Å². The van der Waals surface area contributed by atoms with E-state index < -0.39 is 0 Å². The second kappa shape index (κ2) is 6.51. The van der Waals surface area contributed by atoms with E-state index in [4.69, 9.17) is 4.74 Å². The molecule has 3 rings (SSSR count). The third-order valence-corrected chi connectivity index (χ3v) is 4.83. The summed E-state index contributed by atoms with van der Waals surface area (Å²) in [5.74, 6) is 0.760. The van der Waals surface area contributed by atoms with Crippen molar-refractivity contribution >= 4 is 17.3 Å². The number of carbonyl (C=O) groups is 2. The van der Waals surface area contributed by atoms with Crippen molar-refractivity contribution in [3.63, 3.8) is 0 Å². The van der Waals surface area contributed by atoms with Gasteiger partial charge in [0.25, 0.3) is 0 Å². The average Bonchev–Trinajstić information content (AvgIpc) is 2.63. The highest BCUT2D eigenvalue weighted by Gasteiger charge is 2.29. The molecule has 24 heavy (non-hydrogen) atoms. The molecule has 1 aliphatic heterocycles. The lowest BCUT2D eigenvalue weighted by Crippen LogP contribution is -2.47. The van der Waals surface area contributed by atoms with E-state index in [0.717, 1.165) is 37.6 Å². The van der Waals surface area contributed by atoms with E-state index in [2.05, 4.69) is 4.90 Å². The number of methoxy groups -OCH3 is 1. The lowest BCUT2D eigenvalue weighted by Gasteiger charge is -2.38. The van der Waals surface area contributed by atoms with Gasteiger partial charge in [-0.2, -0.15) is 0 Å². The zero-order valence-electron chi connectivity index (χ0n) is 14.3. The molecule has 1 fully saturated rings. The topological polar surface area (TPSA) is 49.9 Å². The first kappa shape index (κ1) is 16.3. The maximum Gasteiger partial charge on any atom is 0.205 e. The molecule has 0 saturated carbocycles. The number of Topliss-reactive ketones (excluding diaryl/α,β-unsaturated/α-hetero) is 1. The second-order valence-electron chi connectivity index (χ2n) is 6.15. The molecule has 5 heteroatoms. The van der Waals surface area contributed by atoms with Crippen LogP contribution in [0.3, 0.4) is 0 Å². The molecule has 0 N–H and O–H groups in total. The van der Waals surface area contributed by atoms with Gasteiger partial charge in [0.1, 0.15) is 5.75 Å². The summed E-state index contributed by atoms with van der Waals surface area (Å²) in [4.78, 5) is 28.8. The summed E-state index contributed by atoms with van der Waals surface area (Å²) >= 11 is 0. The molecule has 5 nitrogen and oxygen atoms in total. The Bertz CT molecular complexity index is 723. The summed E-state index contributed by atoms with van der Waals surface area (Å²) in [6.07, 6.45) is 1.49. The first-order valence-electron chi connectivity index (χ1n) is 8.13. The Morgan fingerprint density at radius 1 is 0.875 bits per heavy atom. The van der Waals surface area contributed by atoms with Crippen molar-refractivity contribution in [1.29, 1.82) is 0 Å². The fourth-order valence-electron chi connectivity index (χ4n) is 3.08. The van der Waals surface area contributed by atoms with Crippen molar-refractivity contribution in [3.8, 4) is 5.75 Å². The Labute approximate surface area is 142 Å². The van der Waals surface area contributed by atoms with Crippen LogP contribution >= 0.6 is 0 Å². The van der Waals surface area contributed by atoms with E-state index in [9.17, 15) is 9.59 Å². The first-order valence-corrected chi connectivity index (χ1v) is 8.13. The first-order chi connectivity index (χ1) is 11.5. The molecule has 2 aliphatic rings. The second-order valence-corrected chi connectivity index (χ2v) is 6.15. The van der Waals surface area contributed by atoms with Crippen LogP contribution in [0.25, 0.3) is 0 Å². The van der Waals surface area contributed by atoms with Crippen molar-refractivity contribution in [2.75, 3.05) is 38.2 Å². The predicted molar refractivity (Wildman–Crippen MR) is 93.3 cm³/mol. The van der Waals surface area contributed by atoms with E-state index in [-0.39, 0.29) is 11.6 Å². The fraction of sp³-hybridized carbons (Fsp3) is 0.368. The van der Waals surface area contributed by atoms with Crippen LogP contribution in [0.1, 0.15) is 13.8 Å². The molecule has 0 atom stereocenters. The highest BCUT2D eigenvalue weighted by Crippen LogP contribution is 2.25. The molecule has 0 aromatic heterocycles. The third kappa shape index (κ3) is 2.94. The summed E-state index contributed by atoms with van der Waals surface area (Å²) < 4.78 is 5.19. The van der Waals surface area contributed by atoms with Gasteiger partial charge in [0.2, 0.25) is 5.78 Å². The Balaban J connectivity index is 1.68. The van der Waals surface area contributed by atoms with E-state index in [1.165, 1.54) is 6.08 Å². The summed E-state index contributed by atoms with van der Waals surface area (Å²) in [5, 5.41) is 0. The molecule has 1 aliphatic carbocycles. The minimum atomic E-state index is -0.0558. The number of rotatable bonds is 3. The number of benzene rings is 1. The minimum Gasteiger partial charge on any atom is -0.497 e. The summed E-state index contributed by atoms with van der Waals surface area (Å²) in [5.41, 5.74) is 2.80. The van der Waals surface area contributed by atoms with Gasteiger partial charge in [-0.15, -0.1) is 0 Å². The van der Waals surface area contributed by atoms with Gasteiger partial charge >= 0.3 is 0 Å². The van der Waals surface area contributed by atoms with Crippen molar-refractivity contribution in [3.05, 3.63) is 47.2 Å². The average molecular weight is 326 g/mol. The number of piperazine rings is 1. The number of hydrogen-bond donors (Lipinski definition) is 0. The largest absolute Gasteiger partial charge is 0.497 e. The van der Waals surface area contributed by atoms with Crippen molar-refractivity contribution in [1.82, 2.24) is 4.90 Å². The van der Waals surface area contributed by atoms with Gasteiger partial charge in [0, 0.05) is 49.1 Å². The normalized spacial score (nSPS) is 18.9. The smallest absolute Gasteiger partial charge is 0.205 e. The highest BCUT2D eigenvalue weighted by molar-refractivity contribution is 6.22. The van der Waals surface area contributed by atoms with Gasteiger partial charge in [-0.25, -0.2) is 0 Å². The van der Waals surface area contributed by atoms with Crippen LogP contribution in [0.4, 0.5) is 5.69 Å². The molecular formula is C19H22N2O3. The Morgan fingerprint density at radius 2 is 1.46 bits per heavy atom. The number of anilines is 1. The molecule has 0 spiro atoms. The number of ether oxygens (including phenoxy) is 1. The maximum atomic E-state index is 12.5.